The molecule has 2 heterocycles. The van der Waals surface area contributed by atoms with Crippen LogP contribution in [-0.4, -0.2) is 10.7 Å². The van der Waals surface area contributed by atoms with E-state index < -0.39 is 0 Å². The molecule has 2 rings (SSSR count). The van der Waals surface area contributed by atoms with Gasteiger partial charge in [0.15, 0.2) is 0 Å². The van der Waals surface area contributed by atoms with Gasteiger partial charge < -0.3 is 11.5 Å². The summed E-state index contributed by atoms with van der Waals surface area (Å²) in [5.41, 5.74) is 11.3. The number of anilines is 2. The lowest BCUT2D eigenvalue weighted by Gasteiger charge is -2.12. The summed E-state index contributed by atoms with van der Waals surface area (Å²) in [4.78, 5) is 4.20. The second kappa shape index (κ2) is 2.82. The fourth-order valence-corrected chi connectivity index (χ4v) is 2.24. The van der Waals surface area contributed by atoms with Gasteiger partial charge in [0.2, 0.25) is 11.6 Å². The van der Waals surface area contributed by atoms with E-state index in [0.717, 1.165) is 23.9 Å². The first-order valence-corrected chi connectivity index (χ1v) is 4.84. The van der Waals surface area contributed by atoms with Gasteiger partial charge in [0.25, 0.3) is 0 Å². The van der Waals surface area contributed by atoms with E-state index in [1.165, 1.54) is 0 Å². The van der Waals surface area contributed by atoms with E-state index in [4.69, 9.17) is 11.5 Å². The number of hydrogen-bond donors (Lipinski definition) is 2. The summed E-state index contributed by atoms with van der Waals surface area (Å²) in [6, 6.07) is 1.70. The summed E-state index contributed by atoms with van der Waals surface area (Å²) in [7, 11) is 0. The van der Waals surface area contributed by atoms with Crippen molar-refractivity contribution in [3.05, 3.63) is 6.07 Å². The molecule has 0 atom stereocenters. The van der Waals surface area contributed by atoms with Gasteiger partial charge in [-0.25, -0.2) is 4.57 Å². The van der Waals surface area contributed by atoms with Crippen molar-refractivity contribution < 1.29 is 4.57 Å². The molecule has 1 aromatic rings. The Morgan fingerprint density at radius 1 is 1.50 bits per heavy atom. The zero-order valence-electron chi connectivity index (χ0n) is 6.66. The van der Waals surface area contributed by atoms with Crippen molar-refractivity contribution in [3.8, 4) is 0 Å². The van der Waals surface area contributed by atoms with Crippen LogP contribution >= 0.6 is 11.8 Å². The summed E-state index contributed by atoms with van der Waals surface area (Å²) < 4.78 is 2.00. The first-order chi connectivity index (χ1) is 5.77. The molecule has 0 saturated carbocycles. The SMILES string of the molecule is Nc1cc(N)[n+]2c(n1)SCCC2. The van der Waals surface area contributed by atoms with Crippen LogP contribution in [0.25, 0.3) is 0 Å². The maximum Gasteiger partial charge on any atom is 0.300 e. The number of nitrogens with two attached hydrogens (primary N) is 2. The van der Waals surface area contributed by atoms with Crippen LogP contribution in [0.15, 0.2) is 11.2 Å². The minimum Gasteiger partial charge on any atom is -0.370 e. The molecule has 4 N–H and O–H groups in total. The van der Waals surface area contributed by atoms with Gasteiger partial charge >= 0.3 is 5.16 Å². The predicted octanol–water partition coefficient (Wildman–Crippen LogP) is 0.0293. The molecule has 0 radical (unpaired) electrons. The normalized spacial score (nSPS) is 15.7. The zero-order valence-corrected chi connectivity index (χ0v) is 7.47. The highest BCUT2D eigenvalue weighted by atomic mass is 32.2. The number of aromatic nitrogens is 2. The van der Waals surface area contributed by atoms with Crippen molar-refractivity contribution in [2.24, 2.45) is 0 Å². The molecule has 0 aromatic carbocycles. The highest BCUT2D eigenvalue weighted by molar-refractivity contribution is 7.99. The van der Waals surface area contributed by atoms with Crippen LogP contribution in [0.2, 0.25) is 0 Å². The minimum atomic E-state index is 0.508. The number of hydrogen-bond acceptors (Lipinski definition) is 4. The fourth-order valence-electron chi connectivity index (χ4n) is 1.26. The van der Waals surface area contributed by atoms with E-state index in [1.54, 1.807) is 17.8 Å². The Morgan fingerprint density at radius 2 is 2.33 bits per heavy atom. The number of nitrogen functional groups attached to an aromatic ring is 2. The van der Waals surface area contributed by atoms with Gasteiger partial charge in [-0.1, -0.05) is 16.7 Å². The van der Waals surface area contributed by atoms with E-state index in [0.29, 0.717) is 11.6 Å². The Morgan fingerprint density at radius 3 is 3.17 bits per heavy atom. The predicted molar refractivity (Wildman–Crippen MR) is 48.6 cm³/mol. The van der Waals surface area contributed by atoms with Gasteiger partial charge in [-0.15, -0.1) is 0 Å². The Hall–Kier alpha value is -0.970. The molecular formula is C7H11N4S+. The van der Waals surface area contributed by atoms with Crippen LogP contribution in [0.5, 0.6) is 0 Å². The molecule has 0 aliphatic carbocycles. The summed E-state index contributed by atoms with van der Waals surface area (Å²) in [6.45, 7) is 0.960. The third kappa shape index (κ3) is 1.20. The summed E-state index contributed by atoms with van der Waals surface area (Å²) >= 11 is 1.71. The van der Waals surface area contributed by atoms with Crippen molar-refractivity contribution in [1.29, 1.82) is 0 Å². The van der Waals surface area contributed by atoms with Crippen molar-refractivity contribution in [3.63, 3.8) is 0 Å². The number of rotatable bonds is 0. The zero-order chi connectivity index (χ0) is 8.55. The number of nitrogens with zero attached hydrogens (tertiary/aromatic N) is 2. The second-order valence-corrected chi connectivity index (χ2v) is 3.80. The van der Waals surface area contributed by atoms with Gasteiger partial charge in [0.05, 0.1) is 12.6 Å². The minimum absolute atomic E-state index is 0.508. The first-order valence-electron chi connectivity index (χ1n) is 3.86. The van der Waals surface area contributed by atoms with Crippen LogP contribution < -0.4 is 16.0 Å². The quantitative estimate of drug-likeness (QED) is 0.440. The molecule has 0 fully saturated rings. The molecule has 0 spiro atoms. The van der Waals surface area contributed by atoms with E-state index in [2.05, 4.69) is 4.98 Å². The van der Waals surface area contributed by atoms with Crippen molar-refractivity contribution in [2.45, 2.75) is 18.1 Å². The third-order valence-electron chi connectivity index (χ3n) is 1.82. The Bertz CT molecular complexity index is 313. The largest absolute Gasteiger partial charge is 0.370 e. The molecule has 0 saturated heterocycles. The molecule has 1 aliphatic rings. The first kappa shape index (κ1) is 7.67. The van der Waals surface area contributed by atoms with Gasteiger partial charge in [-0.3, -0.25) is 0 Å². The second-order valence-electron chi connectivity index (χ2n) is 2.74. The van der Waals surface area contributed by atoms with Crippen LogP contribution in [-0.2, 0) is 6.54 Å². The smallest absolute Gasteiger partial charge is 0.300 e. The topological polar surface area (TPSA) is 68.8 Å². The molecule has 0 unspecified atom stereocenters. The number of fused-ring (bicyclic) bond motifs is 1. The molecule has 5 heteroatoms. The van der Waals surface area contributed by atoms with Crippen molar-refractivity contribution in [1.82, 2.24) is 4.98 Å². The van der Waals surface area contributed by atoms with Gasteiger partial charge in [0.1, 0.15) is 0 Å². The van der Waals surface area contributed by atoms with Crippen molar-refractivity contribution >= 4 is 23.4 Å². The maximum atomic E-state index is 5.77. The van der Waals surface area contributed by atoms with Crippen LogP contribution in [0, 0.1) is 0 Å². The van der Waals surface area contributed by atoms with Crippen molar-refractivity contribution in [2.75, 3.05) is 17.2 Å². The molecule has 1 aromatic heterocycles. The van der Waals surface area contributed by atoms with E-state index in [-0.39, 0.29) is 0 Å². The van der Waals surface area contributed by atoms with E-state index in [1.807, 2.05) is 4.57 Å². The average molecular weight is 183 g/mol. The lowest BCUT2D eigenvalue weighted by Crippen LogP contribution is -2.43. The summed E-state index contributed by atoms with van der Waals surface area (Å²) in [5, 5.41) is 0.943. The third-order valence-corrected chi connectivity index (χ3v) is 2.88. The van der Waals surface area contributed by atoms with Gasteiger partial charge in [0, 0.05) is 5.75 Å². The van der Waals surface area contributed by atoms with Gasteiger partial charge in [-0.05, 0) is 6.42 Å². The lowest BCUT2D eigenvalue weighted by atomic mass is 10.4. The molecule has 4 nitrogen and oxygen atoms in total. The molecule has 1 aliphatic heterocycles. The molecule has 64 valence electrons. The standard InChI is InChI=1S/C7H10N4S/c8-5-4-6(9)11-2-1-3-12-7(11)10-5/h4H,1-3H2,(H3,8,9)/p+1. The molecule has 12 heavy (non-hydrogen) atoms. The van der Waals surface area contributed by atoms with E-state index >= 15 is 0 Å². The van der Waals surface area contributed by atoms with Gasteiger partial charge in [-0.2, -0.15) is 0 Å². The van der Waals surface area contributed by atoms with Crippen LogP contribution in [0.1, 0.15) is 6.42 Å². The molecule has 0 bridgehead atoms. The van der Waals surface area contributed by atoms with E-state index in [9.17, 15) is 0 Å². The van der Waals surface area contributed by atoms with Crippen LogP contribution in [0.3, 0.4) is 0 Å². The lowest BCUT2D eigenvalue weighted by molar-refractivity contribution is -0.724. The highest BCUT2D eigenvalue weighted by Crippen LogP contribution is 2.19. The highest BCUT2D eigenvalue weighted by Gasteiger charge is 2.19. The summed E-state index contributed by atoms with van der Waals surface area (Å²) in [6.07, 6.45) is 1.15. The Labute approximate surface area is 75.0 Å². The number of thioether (sulfide) groups is 1. The Kier molecular flexibility index (Phi) is 1.80. The van der Waals surface area contributed by atoms with Crippen LogP contribution in [0.4, 0.5) is 11.6 Å². The average Bonchev–Trinajstić information content (AvgIpc) is 2.04. The Balaban J connectivity index is 2.53. The summed E-state index contributed by atoms with van der Waals surface area (Å²) in [5.74, 6) is 2.33. The molecule has 0 amide bonds. The maximum absolute atomic E-state index is 5.77. The monoisotopic (exact) mass is 183 g/mol. The fraction of sp³-hybridized carbons (Fsp3) is 0.429. The molecular weight excluding hydrogens is 172 g/mol.